The summed E-state index contributed by atoms with van der Waals surface area (Å²) in [5, 5.41) is 3.76. The number of hydrogen-bond acceptors (Lipinski definition) is 2. The van der Waals surface area contributed by atoms with E-state index in [-0.39, 0.29) is 0 Å². The molecule has 0 radical (unpaired) electrons. The molecular formula is C19H30N2. The number of rotatable bonds is 7. The summed E-state index contributed by atoms with van der Waals surface area (Å²) >= 11 is 0. The maximum Gasteiger partial charge on any atom is 0.0366 e. The normalized spacial score (nSPS) is 27.8. The average molecular weight is 286 g/mol. The van der Waals surface area contributed by atoms with Crippen LogP contribution in [0.1, 0.15) is 51.9 Å². The molecule has 2 nitrogen and oxygen atoms in total. The van der Waals surface area contributed by atoms with Gasteiger partial charge in [0.25, 0.3) is 0 Å². The SMILES string of the molecule is CCCCN(CCC1CC2CCC(C1)N2)c1ccccc1. The number of nitrogens with one attached hydrogen (secondary N) is 1. The van der Waals surface area contributed by atoms with Crippen LogP contribution in [-0.2, 0) is 0 Å². The first-order valence-electron chi connectivity index (χ1n) is 8.91. The maximum atomic E-state index is 3.76. The summed E-state index contributed by atoms with van der Waals surface area (Å²) in [7, 11) is 0. The molecule has 21 heavy (non-hydrogen) atoms. The van der Waals surface area contributed by atoms with E-state index in [0.29, 0.717) is 0 Å². The van der Waals surface area contributed by atoms with Crippen LogP contribution in [0, 0.1) is 5.92 Å². The van der Waals surface area contributed by atoms with Gasteiger partial charge in [0, 0.05) is 30.9 Å². The fraction of sp³-hybridized carbons (Fsp3) is 0.684. The second-order valence-electron chi connectivity index (χ2n) is 6.94. The zero-order chi connectivity index (χ0) is 14.5. The number of fused-ring (bicyclic) bond motifs is 2. The van der Waals surface area contributed by atoms with Crippen molar-refractivity contribution in [3.05, 3.63) is 30.3 Å². The van der Waals surface area contributed by atoms with E-state index in [2.05, 4.69) is 47.5 Å². The Kier molecular flexibility index (Phi) is 5.18. The molecule has 2 atom stereocenters. The van der Waals surface area contributed by atoms with Gasteiger partial charge in [-0.05, 0) is 56.6 Å². The molecule has 116 valence electrons. The van der Waals surface area contributed by atoms with E-state index in [9.17, 15) is 0 Å². The number of para-hydroxylation sites is 1. The van der Waals surface area contributed by atoms with Crippen LogP contribution >= 0.6 is 0 Å². The fourth-order valence-electron chi connectivity index (χ4n) is 4.11. The van der Waals surface area contributed by atoms with Crippen molar-refractivity contribution in [1.82, 2.24) is 5.32 Å². The lowest BCUT2D eigenvalue weighted by molar-refractivity contribution is 0.287. The molecule has 2 bridgehead atoms. The second-order valence-corrected chi connectivity index (χ2v) is 6.94. The van der Waals surface area contributed by atoms with E-state index < -0.39 is 0 Å². The first kappa shape index (κ1) is 14.9. The van der Waals surface area contributed by atoms with Crippen molar-refractivity contribution in [3.63, 3.8) is 0 Å². The summed E-state index contributed by atoms with van der Waals surface area (Å²) in [6, 6.07) is 12.6. The van der Waals surface area contributed by atoms with Crippen LogP contribution in [-0.4, -0.2) is 25.2 Å². The quantitative estimate of drug-likeness (QED) is 0.807. The summed E-state index contributed by atoms with van der Waals surface area (Å²) in [6.45, 7) is 4.72. The van der Waals surface area contributed by atoms with Crippen LogP contribution in [0.5, 0.6) is 0 Å². The van der Waals surface area contributed by atoms with Gasteiger partial charge >= 0.3 is 0 Å². The molecule has 0 aliphatic carbocycles. The molecule has 2 fully saturated rings. The molecule has 0 saturated carbocycles. The highest BCUT2D eigenvalue weighted by molar-refractivity contribution is 5.45. The molecule has 0 aromatic heterocycles. The highest BCUT2D eigenvalue weighted by Crippen LogP contribution is 2.33. The van der Waals surface area contributed by atoms with Crippen LogP contribution in [0.4, 0.5) is 5.69 Å². The summed E-state index contributed by atoms with van der Waals surface area (Å²) in [6.07, 6.45) is 9.60. The number of nitrogens with zero attached hydrogens (tertiary/aromatic N) is 1. The lowest BCUT2D eigenvalue weighted by Crippen LogP contribution is -2.39. The van der Waals surface area contributed by atoms with Gasteiger partial charge in [-0.15, -0.1) is 0 Å². The van der Waals surface area contributed by atoms with Crippen molar-refractivity contribution in [2.24, 2.45) is 5.92 Å². The minimum absolute atomic E-state index is 0.828. The van der Waals surface area contributed by atoms with E-state index in [4.69, 9.17) is 0 Å². The van der Waals surface area contributed by atoms with Gasteiger partial charge in [-0.25, -0.2) is 0 Å². The van der Waals surface area contributed by atoms with Crippen molar-refractivity contribution in [1.29, 1.82) is 0 Å². The van der Waals surface area contributed by atoms with Crippen molar-refractivity contribution < 1.29 is 0 Å². The zero-order valence-electron chi connectivity index (χ0n) is 13.4. The Hall–Kier alpha value is -1.02. The van der Waals surface area contributed by atoms with Gasteiger partial charge in [0.2, 0.25) is 0 Å². The number of piperidine rings is 1. The average Bonchev–Trinajstić information content (AvgIpc) is 2.87. The van der Waals surface area contributed by atoms with E-state index in [1.807, 2.05) is 0 Å². The number of benzene rings is 1. The Morgan fingerprint density at radius 1 is 1.05 bits per heavy atom. The van der Waals surface area contributed by atoms with E-state index in [0.717, 1.165) is 18.0 Å². The molecule has 2 aliphatic heterocycles. The lowest BCUT2D eigenvalue weighted by Gasteiger charge is -2.32. The molecule has 1 N–H and O–H groups in total. The third-order valence-electron chi connectivity index (χ3n) is 5.28. The molecule has 0 amide bonds. The molecule has 2 aliphatic rings. The van der Waals surface area contributed by atoms with Gasteiger partial charge in [-0.1, -0.05) is 31.5 Å². The molecule has 1 aromatic rings. The molecular weight excluding hydrogens is 256 g/mol. The number of hydrogen-bond donors (Lipinski definition) is 1. The maximum absolute atomic E-state index is 3.76. The van der Waals surface area contributed by atoms with E-state index in [1.165, 1.54) is 63.7 Å². The smallest absolute Gasteiger partial charge is 0.0366 e. The van der Waals surface area contributed by atoms with Gasteiger partial charge in [-0.2, -0.15) is 0 Å². The molecule has 0 spiro atoms. The van der Waals surface area contributed by atoms with Crippen molar-refractivity contribution in [3.8, 4) is 0 Å². The van der Waals surface area contributed by atoms with Crippen molar-refractivity contribution in [2.75, 3.05) is 18.0 Å². The third kappa shape index (κ3) is 4.00. The predicted molar refractivity (Wildman–Crippen MR) is 90.8 cm³/mol. The highest BCUT2D eigenvalue weighted by Gasteiger charge is 2.33. The van der Waals surface area contributed by atoms with Crippen molar-refractivity contribution >= 4 is 5.69 Å². The summed E-state index contributed by atoms with van der Waals surface area (Å²) in [4.78, 5) is 2.60. The Morgan fingerprint density at radius 3 is 2.43 bits per heavy atom. The third-order valence-corrected chi connectivity index (χ3v) is 5.28. The van der Waals surface area contributed by atoms with Gasteiger partial charge in [0.15, 0.2) is 0 Å². The van der Waals surface area contributed by atoms with Crippen LogP contribution < -0.4 is 10.2 Å². The molecule has 2 heteroatoms. The predicted octanol–water partition coefficient (Wildman–Crippen LogP) is 4.21. The van der Waals surface area contributed by atoms with Crippen LogP contribution in [0.25, 0.3) is 0 Å². The first-order valence-corrected chi connectivity index (χ1v) is 8.91. The van der Waals surface area contributed by atoms with Gasteiger partial charge in [0.05, 0.1) is 0 Å². The van der Waals surface area contributed by atoms with Gasteiger partial charge in [-0.3, -0.25) is 0 Å². The van der Waals surface area contributed by atoms with Gasteiger partial charge in [0.1, 0.15) is 0 Å². The fourth-order valence-corrected chi connectivity index (χ4v) is 4.11. The summed E-state index contributed by atoms with van der Waals surface area (Å²) < 4.78 is 0. The second kappa shape index (κ2) is 7.31. The molecule has 1 aromatic carbocycles. The number of unbranched alkanes of at least 4 members (excludes halogenated alkanes) is 1. The van der Waals surface area contributed by atoms with E-state index >= 15 is 0 Å². The first-order chi connectivity index (χ1) is 10.3. The van der Waals surface area contributed by atoms with Crippen LogP contribution in [0.15, 0.2) is 30.3 Å². The van der Waals surface area contributed by atoms with Crippen LogP contribution in [0.3, 0.4) is 0 Å². The standard InChI is InChI=1S/C19H30N2/c1-2-3-12-21(19-7-5-4-6-8-19)13-11-16-14-17-9-10-18(15-16)20-17/h4-8,16-18,20H,2-3,9-15H2,1H3. The lowest BCUT2D eigenvalue weighted by atomic mass is 9.89. The van der Waals surface area contributed by atoms with E-state index in [1.54, 1.807) is 0 Å². The molecule has 2 heterocycles. The Bertz CT molecular complexity index is 405. The highest BCUT2D eigenvalue weighted by atomic mass is 15.1. The molecule has 3 rings (SSSR count). The topological polar surface area (TPSA) is 15.3 Å². The summed E-state index contributed by atoms with van der Waals surface area (Å²) in [5.74, 6) is 0.941. The Balaban J connectivity index is 1.54. The van der Waals surface area contributed by atoms with Crippen molar-refractivity contribution in [2.45, 2.75) is 64.0 Å². The largest absolute Gasteiger partial charge is 0.372 e. The minimum atomic E-state index is 0.828. The summed E-state index contributed by atoms with van der Waals surface area (Å²) in [5.41, 5.74) is 1.41. The van der Waals surface area contributed by atoms with Gasteiger partial charge < -0.3 is 10.2 Å². The van der Waals surface area contributed by atoms with Crippen LogP contribution in [0.2, 0.25) is 0 Å². The molecule has 2 saturated heterocycles. The Morgan fingerprint density at radius 2 is 1.76 bits per heavy atom. The Labute approximate surface area is 129 Å². The molecule has 2 unspecified atom stereocenters. The monoisotopic (exact) mass is 286 g/mol. The minimum Gasteiger partial charge on any atom is -0.372 e. The zero-order valence-corrected chi connectivity index (χ0v) is 13.4. The number of anilines is 1.